The van der Waals surface area contributed by atoms with Crippen LogP contribution < -0.4 is 0 Å². The van der Waals surface area contributed by atoms with Crippen LogP contribution in [0.3, 0.4) is 0 Å². The Bertz CT molecular complexity index is 667. The van der Waals surface area contributed by atoms with E-state index in [-0.39, 0.29) is 11.2 Å². The number of ketones is 1. The molecular weight excluding hydrogens is 336 g/mol. The molecule has 3 atom stereocenters. The molecule has 1 aliphatic rings. The van der Waals surface area contributed by atoms with E-state index in [0.29, 0.717) is 18.8 Å². The van der Waals surface area contributed by atoms with Crippen LogP contribution in [0.5, 0.6) is 0 Å². The van der Waals surface area contributed by atoms with Crippen molar-refractivity contribution in [3.63, 3.8) is 0 Å². The fourth-order valence-corrected chi connectivity index (χ4v) is 4.00. The van der Waals surface area contributed by atoms with Crippen molar-refractivity contribution in [1.29, 1.82) is 0 Å². The summed E-state index contributed by atoms with van der Waals surface area (Å²) in [4.78, 5) is 11.8. The molecule has 0 saturated heterocycles. The molecule has 150 valence electrons. The molecule has 3 heteroatoms. The number of aryl methyl sites for hydroxylation is 1. The van der Waals surface area contributed by atoms with Gasteiger partial charge in [0, 0.05) is 11.8 Å². The molecule has 0 spiro atoms. The van der Waals surface area contributed by atoms with Crippen LogP contribution in [0.15, 0.2) is 40.5 Å². The number of rotatable bonds is 10. The number of carbonyl (C=O) groups excluding carboxylic acids is 1. The van der Waals surface area contributed by atoms with Crippen molar-refractivity contribution < 1.29 is 14.3 Å². The quantitative estimate of drug-likeness (QED) is 0.519. The van der Waals surface area contributed by atoms with Gasteiger partial charge in [0.2, 0.25) is 0 Å². The molecule has 0 aliphatic heterocycles. The van der Waals surface area contributed by atoms with Gasteiger partial charge in [-0.05, 0) is 76.3 Å². The lowest BCUT2D eigenvalue weighted by Crippen LogP contribution is -2.23. The van der Waals surface area contributed by atoms with Gasteiger partial charge in [-0.3, -0.25) is 4.79 Å². The lowest BCUT2D eigenvalue weighted by Gasteiger charge is -2.29. The summed E-state index contributed by atoms with van der Waals surface area (Å²) in [5.41, 5.74) is 2.71. The van der Waals surface area contributed by atoms with Crippen LogP contribution in [-0.4, -0.2) is 17.0 Å². The van der Waals surface area contributed by atoms with Crippen molar-refractivity contribution in [2.45, 2.75) is 90.6 Å². The molecule has 0 bridgehead atoms. The fourth-order valence-electron chi connectivity index (χ4n) is 4.00. The van der Waals surface area contributed by atoms with Gasteiger partial charge in [0.1, 0.15) is 11.9 Å². The zero-order valence-electron chi connectivity index (χ0n) is 17.5. The molecule has 27 heavy (non-hydrogen) atoms. The summed E-state index contributed by atoms with van der Waals surface area (Å²) in [5, 5.41) is 9.59. The standard InChI is InChI=1S/C24H36O3/c1-5-21(25)22(26)17-19(3)10-6-9-18(2)11-7-14-24(4)15-8-12-20-13-16-27-23(20)24/h7,11,13-14,16,19,21,25H,5-6,8-10,12,15,17H2,1-4H3/t19-,21+,24+/m0/s1. The summed E-state index contributed by atoms with van der Waals surface area (Å²) < 4.78 is 5.76. The van der Waals surface area contributed by atoms with Gasteiger partial charge in [0.05, 0.1) is 6.26 Å². The maximum Gasteiger partial charge on any atom is 0.161 e. The van der Waals surface area contributed by atoms with Gasteiger partial charge >= 0.3 is 0 Å². The molecule has 1 N–H and O–H groups in total. The van der Waals surface area contributed by atoms with Crippen LogP contribution in [0.1, 0.15) is 84.0 Å². The zero-order valence-corrected chi connectivity index (χ0v) is 17.5. The van der Waals surface area contributed by atoms with Crippen molar-refractivity contribution in [3.05, 3.63) is 47.5 Å². The lowest BCUT2D eigenvalue weighted by atomic mass is 9.75. The van der Waals surface area contributed by atoms with Crippen LogP contribution in [0.2, 0.25) is 0 Å². The summed E-state index contributed by atoms with van der Waals surface area (Å²) in [7, 11) is 0. The Morgan fingerprint density at radius 2 is 2.22 bits per heavy atom. The molecule has 0 unspecified atom stereocenters. The average molecular weight is 373 g/mol. The Balaban J connectivity index is 1.78. The van der Waals surface area contributed by atoms with E-state index in [0.717, 1.165) is 37.9 Å². The first kappa shape index (κ1) is 21.7. The molecule has 1 aromatic rings. The predicted octanol–water partition coefficient (Wildman–Crippen LogP) is 5.91. The van der Waals surface area contributed by atoms with Gasteiger partial charge in [0.25, 0.3) is 0 Å². The minimum atomic E-state index is -0.782. The number of hydrogen-bond acceptors (Lipinski definition) is 3. The first-order valence-corrected chi connectivity index (χ1v) is 10.5. The monoisotopic (exact) mass is 372 g/mol. The Kier molecular flexibility index (Phi) is 8.09. The second kappa shape index (κ2) is 10.1. The molecule has 2 rings (SSSR count). The summed E-state index contributed by atoms with van der Waals surface area (Å²) >= 11 is 0. The van der Waals surface area contributed by atoms with Gasteiger partial charge in [-0.2, -0.15) is 0 Å². The highest BCUT2D eigenvalue weighted by Crippen LogP contribution is 2.38. The largest absolute Gasteiger partial charge is 0.468 e. The number of aliphatic hydroxyl groups excluding tert-OH is 1. The van der Waals surface area contributed by atoms with Gasteiger partial charge in [-0.15, -0.1) is 0 Å². The fraction of sp³-hybridized carbons (Fsp3) is 0.625. The number of hydrogen-bond donors (Lipinski definition) is 1. The number of fused-ring (bicyclic) bond motifs is 1. The maximum absolute atomic E-state index is 11.8. The first-order valence-electron chi connectivity index (χ1n) is 10.5. The smallest absolute Gasteiger partial charge is 0.161 e. The third-order valence-corrected chi connectivity index (χ3v) is 5.83. The van der Waals surface area contributed by atoms with E-state index in [2.05, 4.69) is 45.1 Å². The second-order valence-corrected chi connectivity index (χ2v) is 8.51. The predicted molar refractivity (Wildman–Crippen MR) is 111 cm³/mol. The highest BCUT2D eigenvalue weighted by atomic mass is 16.3. The molecule has 0 aromatic carbocycles. The molecular formula is C24H36O3. The highest BCUT2D eigenvalue weighted by molar-refractivity contribution is 5.82. The molecule has 0 amide bonds. The van der Waals surface area contributed by atoms with Gasteiger partial charge in [0.15, 0.2) is 5.78 Å². The Hall–Kier alpha value is -1.61. The molecule has 0 radical (unpaired) electrons. The van der Waals surface area contributed by atoms with E-state index in [9.17, 15) is 9.90 Å². The van der Waals surface area contributed by atoms with Crippen LogP contribution >= 0.6 is 0 Å². The summed E-state index contributed by atoms with van der Waals surface area (Å²) in [5.74, 6) is 1.45. The highest BCUT2D eigenvalue weighted by Gasteiger charge is 2.32. The van der Waals surface area contributed by atoms with E-state index in [4.69, 9.17) is 4.42 Å². The van der Waals surface area contributed by atoms with Crippen LogP contribution in [0.25, 0.3) is 0 Å². The van der Waals surface area contributed by atoms with E-state index in [1.807, 2.05) is 13.2 Å². The van der Waals surface area contributed by atoms with Crippen molar-refractivity contribution in [2.75, 3.05) is 0 Å². The number of aliphatic hydroxyl groups is 1. The summed E-state index contributed by atoms with van der Waals surface area (Å²) in [6.45, 7) is 8.37. The number of Topliss-reactive ketones (excluding diaryl/α,β-unsaturated/α-hetero) is 1. The summed E-state index contributed by atoms with van der Waals surface area (Å²) in [6.07, 6.45) is 15.3. The molecule has 1 heterocycles. The topological polar surface area (TPSA) is 50.4 Å². The van der Waals surface area contributed by atoms with Crippen molar-refractivity contribution in [1.82, 2.24) is 0 Å². The molecule has 3 nitrogen and oxygen atoms in total. The average Bonchev–Trinajstić information content (AvgIpc) is 3.11. The van der Waals surface area contributed by atoms with E-state index < -0.39 is 6.10 Å². The van der Waals surface area contributed by atoms with E-state index in [1.54, 1.807) is 0 Å². The SMILES string of the molecule is CC[C@@H](O)C(=O)C[C@@H](C)CCCC(C)=CC=C[C@]1(C)CCCc2ccoc21. The van der Waals surface area contributed by atoms with E-state index >= 15 is 0 Å². The Morgan fingerprint density at radius 1 is 1.44 bits per heavy atom. The Labute approximate surface area is 164 Å². The Morgan fingerprint density at radius 3 is 2.96 bits per heavy atom. The minimum Gasteiger partial charge on any atom is -0.468 e. The normalized spacial score (nSPS) is 22.6. The number of carbonyl (C=O) groups is 1. The minimum absolute atomic E-state index is 0.00283. The van der Waals surface area contributed by atoms with E-state index in [1.165, 1.54) is 17.6 Å². The number of furan rings is 1. The van der Waals surface area contributed by atoms with Crippen molar-refractivity contribution in [3.8, 4) is 0 Å². The lowest BCUT2D eigenvalue weighted by molar-refractivity contribution is -0.128. The molecule has 0 saturated carbocycles. The van der Waals surface area contributed by atoms with Crippen molar-refractivity contribution in [2.24, 2.45) is 5.92 Å². The van der Waals surface area contributed by atoms with Gasteiger partial charge < -0.3 is 9.52 Å². The maximum atomic E-state index is 11.8. The van der Waals surface area contributed by atoms with Crippen molar-refractivity contribution >= 4 is 5.78 Å². The van der Waals surface area contributed by atoms with Crippen LogP contribution in [-0.2, 0) is 16.6 Å². The molecule has 1 aromatic heterocycles. The number of allylic oxidation sites excluding steroid dienone is 4. The van der Waals surface area contributed by atoms with Gasteiger partial charge in [-0.25, -0.2) is 0 Å². The zero-order chi connectivity index (χ0) is 19.9. The van der Waals surface area contributed by atoms with Crippen LogP contribution in [0, 0.1) is 5.92 Å². The third kappa shape index (κ3) is 6.21. The third-order valence-electron chi connectivity index (χ3n) is 5.83. The second-order valence-electron chi connectivity index (χ2n) is 8.51. The summed E-state index contributed by atoms with van der Waals surface area (Å²) in [6, 6.07) is 2.10. The molecule has 0 fully saturated rings. The molecule has 1 aliphatic carbocycles. The van der Waals surface area contributed by atoms with Crippen LogP contribution in [0.4, 0.5) is 0 Å². The van der Waals surface area contributed by atoms with Gasteiger partial charge in [-0.1, -0.05) is 37.6 Å². The first-order chi connectivity index (χ1) is 12.9.